The van der Waals surface area contributed by atoms with Crippen molar-refractivity contribution in [1.29, 1.82) is 0 Å². The van der Waals surface area contributed by atoms with E-state index in [1.165, 1.54) is 70.5 Å². The van der Waals surface area contributed by atoms with Gasteiger partial charge in [-0.15, -0.1) is 0 Å². The van der Waals surface area contributed by atoms with Gasteiger partial charge in [0, 0.05) is 73.2 Å². The predicted octanol–water partition coefficient (Wildman–Crippen LogP) is 5.99. The molecule has 20 unspecified atom stereocenters. The zero-order valence-electron chi connectivity index (χ0n) is 85.4. The van der Waals surface area contributed by atoms with Gasteiger partial charge in [-0.05, 0) is 87.3 Å². The summed E-state index contributed by atoms with van der Waals surface area (Å²) < 4.78 is 109. The zero-order chi connectivity index (χ0) is 105. The maximum Gasteiger partial charge on any atom is 0.418 e. The third kappa shape index (κ3) is 22.9. The second kappa shape index (κ2) is 45.2. The van der Waals surface area contributed by atoms with Gasteiger partial charge in [-0.1, -0.05) is 180 Å². The van der Waals surface area contributed by atoms with E-state index in [0.717, 1.165) is 34.6 Å². The van der Waals surface area contributed by atoms with Crippen LogP contribution in [-0.4, -0.2) is 260 Å². The summed E-state index contributed by atoms with van der Waals surface area (Å²) in [6.45, 7) is 59.0. The highest BCUT2D eigenvalue weighted by Crippen LogP contribution is 2.56. The molecule has 8 saturated heterocycles. The van der Waals surface area contributed by atoms with E-state index in [9.17, 15) is 78.0 Å². The lowest BCUT2D eigenvalue weighted by atomic mass is 9.96. The van der Waals surface area contributed by atoms with Crippen molar-refractivity contribution in [3.8, 4) is 0 Å². The van der Waals surface area contributed by atoms with E-state index in [-0.39, 0.29) is 110 Å². The van der Waals surface area contributed by atoms with Gasteiger partial charge in [-0.25, -0.2) is 33.6 Å². The molecule has 13 heterocycles. The number of rotatable bonds is 20. The Bertz CT molecular complexity index is 5600. The minimum absolute atomic E-state index is 0.0420. The number of aromatic nitrogens is 10. The van der Waals surface area contributed by atoms with Crippen LogP contribution < -0.4 is 56.2 Å². The number of fused-ring (bicyclic) bond motifs is 3. The molecule has 784 valence electrons. The van der Waals surface area contributed by atoms with Gasteiger partial charge in [0.2, 0.25) is 0 Å². The van der Waals surface area contributed by atoms with Gasteiger partial charge in [-0.3, -0.25) is 71.7 Å². The highest BCUT2D eigenvalue weighted by Gasteiger charge is 2.70. The summed E-state index contributed by atoms with van der Waals surface area (Å²) in [5.41, 5.74) is -9.30. The molecular formula is C89H150N10O34Si6. The highest BCUT2D eigenvalue weighted by molar-refractivity contribution is 6.85. The Labute approximate surface area is 812 Å². The summed E-state index contributed by atoms with van der Waals surface area (Å²) in [6.07, 6.45) is -5.75. The van der Waals surface area contributed by atoms with Crippen molar-refractivity contribution < 1.29 is 112 Å². The number of carbonyl (C=O) groups is 2. The molecule has 0 radical (unpaired) electrons. The Balaban J connectivity index is 0.000000200. The van der Waals surface area contributed by atoms with E-state index in [0.29, 0.717) is 6.61 Å². The first kappa shape index (κ1) is 115. The van der Waals surface area contributed by atoms with Crippen LogP contribution >= 0.6 is 0 Å². The fourth-order valence-electron chi connectivity index (χ4n) is 20.3. The fourth-order valence-corrected chi connectivity index (χ4v) is 54.1. The molecule has 8 fully saturated rings. The number of aliphatic hydroxyl groups is 6. The quantitative estimate of drug-likeness (QED) is 0.0242. The summed E-state index contributed by atoms with van der Waals surface area (Å²) in [4.78, 5) is 154. The van der Waals surface area contributed by atoms with Crippen LogP contribution in [0.3, 0.4) is 0 Å². The number of carbonyl (C=O) groups excluding carboxylic acids is 2. The number of H-pyrrole nitrogens is 5. The number of methoxy groups -OCH3 is 1. The van der Waals surface area contributed by atoms with E-state index >= 15 is 0 Å². The maximum atomic E-state index is 12.9. The van der Waals surface area contributed by atoms with Crippen LogP contribution in [0.15, 0.2) is 109 Å². The molecule has 8 aliphatic rings. The summed E-state index contributed by atoms with van der Waals surface area (Å²) in [6, 6.07) is 6.04. The molecule has 0 bridgehead atoms. The number of esters is 2. The standard InChI is InChI=1S/C25H42N2O10Si2.C22H40N2O7Si2.C22H40N2O6Si2.C10H14N2O6.C10H14N2O5/c1-14(2)38(15(3)4)33-13-18-20(36-39(37-38,16(5)6)17(7)8)25(9,35-22(30)21(29)32-10)23(34-18)27-12-11-19(28)26-24(27)31;1-13(2)32(14(3)4)28-12-17-19(30-33(31-32,15(5)6)16(7)8)22(9,27)20(29-17)24-11-10-18(25)23-21(24)26;1-13(2)31(14(3)4)27-12-18-20(29-32(30-31,15(5)6)16(7)8)17(9)21(28-18)24-11-10-19(25)23-22(24)26;1-10(17)7(15)5(4-13)18-8(10)12-3-2-6(14)11-9(12)16;1-5-8(15)6(4-13)17-9(5)12-3-2-7(14)11-10(12)16/h11-12,14-18,20,23H,13H2,1-10H3,(H,26,28,31);10-11,13-17,19-20,27H,12H2,1-9H3,(H,23,25,26);10-11,13-18,20-21H,12H2,1-9H3,(H,23,25,26);2-3,5,7-8,13,15,17H,4H2,1H3,(H,11,14,16);2-3,5-6,8-9,13,15H,4H2,1H3,(H,11,14,16). The molecule has 139 heavy (non-hydrogen) atoms. The number of hydrogen-bond donors (Lipinski definition) is 11. The SMILES string of the molecule is CC(C)[Si]1(C(C)C)OCC2OC(n3ccc(=O)[nH]c3=O)C(C)(O)C2O[Si](C(C)C)(C(C)C)O1.CC1(O)C(O)C(CO)OC1n1ccc(=O)[nH]c1=O.CC1C(O)C(CO)OC1n1ccc(=O)[nH]c1=O.CC1C2O[Si](C(C)C)(C(C)C)O[Si](C(C)C)(C(C)C)OCC2OC1n1ccc(=O)[nH]c1=O.COC(=O)C(=O)OC1(C)C2O[Si](C(C)C)(C(C)C)O[Si](C(C)C)(C(C)C)OCC2OC1n1ccc(=O)[nH]c1=O. The number of hydrogen-bond acceptors (Lipinski definition) is 34. The molecule has 0 spiro atoms. The minimum atomic E-state index is -3.19. The molecule has 8 aliphatic heterocycles. The molecule has 0 amide bonds. The van der Waals surface area contributed by atoms with E-state index in [1.54, 1.807) is 13.8 Å². The summed E-state index contributed by atoms with van der Waals surface area (Å²) in [5.74, 6) is -2.95. The first-order chi connectivity index (χ1) is 64.5. The summed E-state index contributed by atoms with van der Waals surface area (Å²) in [5, 5.41) is 59.4. The highest BCUT2D eigenvalue weighted by atomic mass is 28.5. The predicted molar refractivity (Wildman–Crippen MR) is 520 cm³/mol. The van der Waals surface area contributed by atoms with Crippen LogP contribution in [-0.2, 0) is 81.6 Å². The lowest BCUT2D eigenvalue weighted by Gasteiger charge is -2.52. The van der Waals surface area contributed by atoms with Crippen LogP contribution in [0.4, 0.5) is 0 Å². The first-order valence-corrected chi connectivity index (χ1v) is 59.6. The number of nitrogens with one attached hydrogen (secondary N) is 5. The lowest BCUT2D eigenvalue weighted by Crippen LogP contribution is -2.67. The largest absolute Gasteiger partial charge is 0.461 e. The normalized spacial score (nSPS) is 31.1. The van der Waals surface area contributed by atoms with Crippen LogP contribution in [0, 0.1) is 11.8 Å². The Morgan fingerprint density at radius 1 is 0.381 bits per heavy atom. The van der Waals surface area contributed by atoms with Crippen molar-refractivity contribution in [3.05, 3.63) is 166 Å². The topological polar surface area (TPSA) is 578 Å². The molecule has 20 atom stereocenters. The average molecular weight is 2070 g/mol. The van der Waals surface area contributed by atoms with Crippen molar-refractivity contribution >= 4 is 63.3 Å². The maximum absolute atomic E-state index is 12.9. The molecular weight excluding hydrogens is 1920 g/mol. The third-order valence-electron chi connectivity index (χ3n) is 28.1. The summed E-state index contributed by atoms with van der Waals surface area (Å²) in [7, 11) is -16.1. The van der Waals surface area contributed by atoms with Crippen LogP contribution in [0.5, 0.6) is 0 Å². The first-order valence-electron chi connectivity index (χ1n) is 47.8. The lowest BCUT2D eigenvalue weighted by molar-refractivity contribution is -0.189. The molecule has 0 aliphatic carbocycles. The van der Waals surface area contributed by atoms with Crippen molar-refractivity contribution in [2.24, 2.45) is 11.8 Å². The van der Waals surface area contributed by atoms with Crippen LogP contribution in [0.1, 0.15) is 232 Å². The van der Waals surface area contributed by atoms with Crippen molar-refractivity contribution in [1.82, 2.24) is 47.8 Å². The number of nitrogens with zero attached hydrogens (tertiary/aromatic N) is 5. The van der Waals surface area contributed by atoms with Gasteiger partial charge in [0.25, 0.3) is 27.8 Å². The fraction of sp³-hybridized carbons (Fsp3) is 0.753. The summed E-state index contributed by atoms with van der Waals surface area (Å²) >= 11 is 0. The van der Waals surface area contributed by atoms with Crippen LogP contribution in [0.25, 0.3) is 0 Å². The molecule has 11 N–H and O–H groups in total. The molecule has 5 aromatic rings. The monoisotopic (exact) mass is 2070 g/mol. The number of ether oxygens (including phenoxy) is 7. The molecule has 13 rings (SSSR count). The molecule has 0 aromatic carbocycles. The van der Waals surface area contributed by atoms with E-state index in [2.05, 4.69) is 163 Å². The molecule has 44 nitrogen and oxygen atoms in total. The van der Waals surface area contributed by atoms with Gasteiger partial charge in [-0.2, -0.15) is 0 Å². The van der Waals surface area contributed by atoms with E-state index in [1.807, 2.05) is 39.6 Å². The second-order valence-electron chi connectivity index (χ2n) is 41.4. The van der Waals surface area contributed by atoms with E-state index < -0.39 is 223 Å². The Morgan fingerprint density at radius 3 is 0.993 bits per heavy atom. The van der Waals surface area contributed by atoms with Crippen molar-refractivity contribution in [2.45, 2.75) is 376 Å². The minimum Gasteiger partial charge on any atom is -0.461 e. The Morgan fingerprint density at radius 2 is 0.676 bits per heavy atom. The van der Waals surface area contributed by atoms with Gasteiger partial charge < -0.3 is 103 Å². The average Bonchev–Trinajstić information content (AvgIpc) is 1.58. The van der Waals surface area contributed by atoms with Crippen molar-refractivity contribution in [2.75, 3.05) is 40.1 Å². The third-order valence-corrected chi connectivity index (χ3v) is 58.8. The van der Waals surface area contributed by atoms with Gasteiger partial charge in [0.15, 0.2) is 24.3 Å². The van der Waals surface area contributed by atoms with Gasteiger partial charge >= 0.3 is 91.8 Å². The molecule has 5 aromatic heterocycles. The van der Waals surface area contributed by atoms with E-state index in [4.69, 9.17) is 77.5 Å². The van der Waals surface area contributed by atoms with Gasteiger partial charge in [0.05, 0.1) is 52.4 Å². The van der Waals surface area contributed by atoms with Gasteiger partial charge in [0.1, 0.15) is 72.5 Å². The molecule has 0 saturated carbocycles. The Kier molecular flexibility index (Phi) is 37.6. The second-order valence-corrected chi connectivity index (χ2v) is 68.0. The van der Waals surface area contributed by atoms with Crippen LogP contribution in [0.2, 0.25) is 66.5 Å². The number of aromatic amines is 5. The smallest absolute Gasteiger partial charge is 0.418 e. The zero-order valence-corrected chi connectivity index (χ0v) is 91.4. The van der Waals surface area contributed by atoms with Crippen molar-refractivity contribution in [3.63, 3.8) is 0 Å². The number of aliphatic hydroxyl groups excluding tert-OH is 4. The Hall–Kier alpha value is -7.16. The molecule has 50 heteroatoms.